The summed E-state index contributed by atoms with van der Waals surface area (Å²) in [7, 11) is 0. The van der Waals surface area contributed by atoms with Crippen LogP contribution >= 0.6 is 11.8 Å². The summed E-state index contributed by atoms with van der Waals surface area (Å²) in [6.07, 6.45) is 1.12. The van der Waals surface area contributed by atoms with E-state index in [1.54, 1.807) is 12.1 Å². The van der Waals surface area contributed by atoms with Gasteiger partial charge in [0, 0.05) is 41.5 Å². The summed E-state index contributed by atoms with van der Waals surface area (Å²) in [6, 6.07) is 14.5. The highest BCUT2D eigenvalue weighted by Crippen LogP contribution is 2.47. The van der Waals surface area contributed by atoms with E-state index in [1.807, 2.05) is 12.1 Å². The van der Waals surface area contributed by atoms with Crippen molar-refractivity contribution < 1.29 is 9.72 Å². The van der Waals surface area contributed by atoms with Crippen LogP contribution in [0.4, 0.5) is 11.5 Å². The Bertz CT molecular complexity index is 1510. The molecule has 2 heterocycles. The number of hydrogen-bond acceptors (Lipinski definition) is 7. The van der Waals surface area contributed by atoms with Gasteiger partial charge in [0.1, 0.15) is 5.82 Å². The smallest absolute Gasteiger partial charge is 0.269 e. The predicted octanol–water partition coefficient (Wildman–Crippen LogP) is 6.29. The number of thioether (sulfide) groups is 1. The number of rotatable bonds is 6. The Morgan fingerprint density at radius 1 is 1.08 bits per heavy atom. The average Bonchev–Trinajstić information content (AvgIpc) is 2.85. The van der Waals surface area contributed by atoms with Crippen LogP contribution in [0.2, 0.25) is 0 Å². The topological polar surface area (TPSA) is 118 Å². The lowest BCUT2D eigenvalue weighted by Crippen LogP contribution is -2.37. The number of ketones is 1. The first kappa shape index (κ1) is 25.9. The minimum Gasteiger partial charge on any atom is -0.343 e. The third-order valence-corrected chi connectivity index (χ3v) is 8.10. The van der Waals surface area contributed by atoms with E-state index in [4.69, 9.17) is 4.98 Å². The maximum Gasteiger partial charge on any atom is 0.269 e. The summed E-state index contributed by atoms with van der Waals surface area (Å²) in [5.74, 6) is 0.900. The molecule has 0 radical (unpaired) electrons. The van der Waals surface area contributed by atoms with Gasteiger partial charge in [-0.3, -0.25) is 19.7 Å². The molecule has 9 heteroatoms. The number of benzene rings is 2. The Morgan fingerprint density at radius 3 is 2.39 bits per heavy atom. The molecule has 0 fully saturated rings. The van der Waals surface area contributed by atoms with Crippen LogP contribution in [-0.4, -0.2) is 20.7 Å². The summed E-state index contributed by atoms with van der Waals surface area (Å²) >= 11 is 1.35. The molecule has 5 rings (SSSR count). The first-order chi connectivity index (χ1) is 18.0. The van der Waals surface area contributed by atoms with E-state index in [1.165, 1.54) is 29.5 Å². The van der Waals surface area contributed by atoms with Crippen LogP contribution in [0.15, 0.2) is 69.8 Å². The zero-order chi connectivity index (χ0) is 27.2. The van der Waals surface area contributed by atoms with Gasteiger partial charge in [0.25, 0.3) is 11.2 Å². The number of carbonyl (C=O) groups is 1. The molecular weight excluding hydrogens is 500 g/mol. The van der Waals surface area contributed by atoms with E-state index < -0.39 is 10.8 Å². The van der Waals surface area contributed by atoms with Crippen LogP contribution in [0.25, 0.3) is 0 Å². The molecule has 0 saturated carbocycles. The molecule has 0 saturated heterocycles. The zero-order valence-electron chi connectivity index (χ0n) is 21.8. The second kappa shape index (κ2) is 9.87. The van der Waals surface area contributed by atoms with Crippen molar-refractivity contribution in [2.75, 3.05) is 5.32 Å². The molecule has 3 aromatic rings. The maximum atomic E-state index is 13.5. The van der Waals surface area contributed by atoms with E-state index in [2.05, 4.69) is 50.1 Å². The number of hydrogen-bond donors (Lipinski definition) is 2. The lowest BCUT2D eigenvalue weighted by molar-refractivity contribution is -0.384. The molecule has 38 heavy (non-hydrogen) atoms. The highest BCUT2D eigenvalue weighted by atomic mass is 32.2. The highest BCUT2D eigenvalue weighted by Gasteiger charge is 2.42. The van der Waals surface area contributed by atoms with Crippen molar-refractivity contribution in [3.8, 4) is 0 Å². The van der Waals surface area contributed by atoms with Gasteiger partial charge in [0.2, 0.25) is 0 Å². The van der Waals surface area contributed by atoms with Crippen molar-refractivity contribution >= 4 is 29.1 Å². The highest BCUT2D eigenvalue weighted by molar-refractivity contribution is 7.98. The number of nitro groups is 1. The molecule has 2 aromatic carbocycles. The third kappa shape index (κ3) is 5.03. The number of aromatic nitrogens is 2. The number of allylic oxidation sites excluding steroid dienone is 2. The number of non-ortho nitro benzene ring substituents is 1. The molecule has 196 valence electrons. The van der Waals surface area contributed by atoms with Gasteiger partial charge in [-0.25, -0.2) is 4.98 Å². The van der Waals surface area contributed by atoms with Crippen LogP contribution < -0.4 is 10.9 Å². The Kier molecular flexibility index (Phi) is 6.73. The SMILES string of the molecule is CC(C)c1ccc(C2C3=C(CC(C)(C)CC3=O)Nc3nc(SCc4ccc([N+](=O)[O-])cc4)[nH]c(=O)c32)cc1. The first-order valence-corrected chi connectivity index (χ1v) is 13.6. The number of fused-ring (bicyclic) bond motifs is 1. The van der Waals surface area contributed by atoms with Crippen molar-refractivity contribution in [3.63, 3.8) is 0 Å². The minimum atomic E-state index is -0.490. The molecule has 0 amide bonds. The van der Waals surface area contributed by atoms with Gasteiger partial charge in [0.15, 0.2) is 10.9 Å². The Hall–Kier alpha value is -3.72. The Labute approximate surface area is 225 Å². The quantitative estimate of drug-likeness (QED) is 0.166. The number of nitrogens with zero attached hydrogens (tertiary/aromatic N) is 2. The van der Waals surface area contributed by atoms with Gasteiger partial charge in [-0.2, -0.15) is 0 Å². The number of carbonyl (C=O) groups excluding carboxylic acids is 1. The molecule has 0 spiro atoms. The summed E-state index contributed by atoms with van der Waals surface area (Å²) in [5.41, 5.74) is 4.47. The lowest BCUT2D eigenvalue weighted by atomic mass is 9.69. The molecular formula is C29H30N4O4S. The zero-order valence-corrected chi connectivity index (χ0v) is 22.6. The number of anilines is 1. The minimum absolute atomic E-state index is 0.0322. The van der Waals surface area contributed by atoms with E-state index in [0.29, 0.717) is 46.6 Å². The molecule has 8 nitrogen and oxygen atoms in total. The van der Waals surface area contributed by atoms with Gasteiger partial charge in [-0.15, -0.1) is 0 Å². The standard InChI is InChI=1S/C29H30N4O4S/c1-16(2)18-7-9-19(10-8-18)23-24-21(13-29(3,4)14-22(24)34)30-26-25(23)27(35)32-28(31-26)38-15-17-5-11-20(12-6-17)33(36)37/h5-12,16,23H,13-15H2,1-4H3,(H2,30,31,32,35). The van der Waals surface area contributed by atoms with Gasteiger partial charge in [-0.05, 0) is 34.4 Å². The van der Waals surface area contributed by atoms with Crippen LogP contribution in [0.3, 0.4) is 0 Å². The molecule has 1 atom stereocenters. The summed E-state index contributed by atoms with van der Waals surface area (Å²) in [5, 5.41) is 14.7. The first-order valence-electron chi connectivity index (χ1n) is 12.7. The van der Waals surface area contributed by atoms with Gasteiger partial charge in [0.05, 0.1) is 10.5 Å². The van der Waals surface area contributed by atoms with E-state index >= 15 is 0 Å². The lowest BCUT2D eigenvalue weighted by Gasteiger charge is -2.38. The van der Waals surface area contributed by atoms with Gasteiger partial charge >= 0.3 is 0 Å². The van der Waals surface area contributed by atoms with Crippen molar-refractivity contribution in [1.29, 1.82) is 0 Å². The molecule has 0 bridgehead atoms. The van der Waals surface area contributed by atoms with Crippen molar-refractivity contribution in [2.24, 2.45) is 5.41 Å². The van der Waals surface area contributed by atoms with E-state index in [-0.39, 0.29) is 22.4 Å². The van der Waals surface area contributed by atoms with Crippen molar-refractivity contribution in [3.05, 3.63) is 103 Å². The van der Waals surface area contributed by atoms with Gasteiger partial charge < -0.3 is 10.3 Å². The van der Waals surface area contributed by atoms with Gasteiger partial charge in [-0.1, -0.05) is 75.9 Å². The molecule has 2 aliphatic rings. The molecule has 1 unspecified atom stereocenters. The molecule has 1 aliphatic heterocycles. The number of aromatic amines is 1. The average molecular weight is 531 g/mol. The van der Waals surface area contributed by atoms with Crippen LogP contribution in [0, 0.1) is 15.5 Å². The number of nitro benzene ring substituents is 1. The number of Topliss-reactive ketones (excluding diaryl/α,β-unsaturated/α-hetero) is 1. The third-order valence-electron chi connectivity index (χ3n) is 7.16. The fourth-order valence-corrected chi connectivity index (χ4v) is 6.05. The largest absolute Gasteiger partial charge is 0.343 e. The van der Waals surface area contributed by atoms with Crippen molar-refractivity contribution in [2.45, 2.75) is 63.3 Å². The number of H-pyrrole nitrogens is 1. The summed E-state index contributed by atoms with van der Waals surface area (Å²) < 4.78 is 0. The van der Waals surface area contributed by atoms with Crippen LogP contribution in [-0.2, 0) is 10.5 Å². The fraction of sp³-hybridized carbons (Fsp3) is 0.345. The molecule has 2 N–H and O–H groups in total. The van der Waals surface area contributed by atoms with Crippen LogP contribution in [0.1, 0.15) is 74.6 Å². The molecule has 1 aliphatic carbocycles. The molecule has 1 aromatic heterocycles. The Morgan fingerprint density at radius 2 is 1.76 bits per heavy atom. The van der Waals surface area contributed by atoms with E-state index in [0.717, 1.165) is 16.8 Å². The fourth-order valence-electron chi connectivity index (χ4n) is 5.23. The maximum absolute atomic E-state index is 13.5. The summed E-state index contributed by atoms with van der Waals surface area (Å²) in [4.78, 5) is 45.1. The van der Waals surface area contributed by atoms with E-state index in [9.17, 15) is 19.7 Å². The second-order valence-electron chi connectivity index (χ2n) is 11.1. The summed E-state index contributed by atoms with van der Waals surface area (Å²) in [6.45, 7) is 8.42. The second-order valence-corrected chi connectivity index (χ2v) is 12.0. The van der Waals surface area contributed by atoms with Crippen LogP contribution in [0.5, 0.6) is 0 Å². The normalized spacial score (nSPS) is 18.1. The monoisotopic (exact) mass is 530 g/mol. The van der Waals surface area contributed by atoms with Crippen molar-refractivity contribution in [1.82, 2.24) is 9.97 Å². The number of nitrogens with one attached hydrogen (secondary N) is 2. The Balaban J connectivity index is 1.53. The predicted molar refractivity (Wildman–Crippen MR) is 149 cm³/mol.